The molecule has 0 spiro atoms. The maximum Gasteiger partial charge on any atom is 0.287 e. The highest BCUT2D eigenvalue weighted by Crippen LogP contribution is 2.18. The Hall–Kier alpha value is -3.34. The van der Waals surface area contributed by atoms with Crippen molar-refractivity contribution >= 4 is 11.8 Å². The second kappa shape index (κ2) is 8.99. The largest absolute Gasteiger partial charge is 0.456 e. The average molecular weight is 410 g/mol. The van der Waals surface area contributed by atoms with Crippen molar-refractivity contribution in [2.45, 2.75) is 52.5 Å². The van der Waals surface area contributed by atoms with Gasteiger partial charge in [0.05, 0.1) is 0 Å². The quantitative estimate of drug-likeness (QED) is 0.782. The molecule has 30 heavy (non-hydrogen) atoms. The molecule has 158 valence electrons. The van der Waals surface area contributed by atoms with Gasteiger partial charge in [0.2, 0.25) is 5.91 Å². The van der Waals surface area contributed by atoms with Crippen LogP contribution in [0.5, 0.6) is 0 Å². The summed E-state index contributed by atoms with van der Waals surface area (Å²) in [4.78, 5) is 41.2. The van der Waals surface area contributed by atoms with E-state index in [1.165, 1.54) is 0 Å². The minimum absolute atomic E-state index is 0.00818. The van der Waals surface area contributed by atoms with E-state index in [-0.39, 0.29) is 23.4 Å². The lowest BCUT2D eigenvalue weighted by molar-refractivity contribution is -0.132. The van der Waals surface area contributed by atoms with Crippen LogP contribution in [0.15, 0.2) is 21.3 Å². The number of hydrogen-bond acceptors (Lipinski definition) is 5. The number of piperidine rings is 1. The average Bonchev–Trinajstić information content (AvgIpc) is 3.15. The molecule has 2 amide bonds. The molecule has 3 rings (SSSR count). The molecule has 3 heterocycles. The maximum absolute atomic E-state index is 12.7. The number of rotatable bonds is 5. The van der Waals surface area contributed by atoms with E-state index in [0.29, 0.717) is 61.6 Å². The van der Waals surface area contributed by atoms with Crippen LogP contribution >= 0.6 is 0 Å². The molecule has 0 atom stereocenters. The van der Waals surface area contributed by atoms with Gasteiger partial charge in [-0.15, -0.1) is 0 Å². The number of carbonyl (C=O) groups is 2. The van der Waals surface area contributed by atoms with Crippen LogP contribution in [0.25, 0.3) is 0 Å². The molecular weight excluding hydrogens is 384 g/mol. The zero-order valence-corrected chi connectivity index (χ0v) is 17.5. The van der Waals surface area contributed by atoms with E-state index in [1.54, 1.807) is 37.8 Å². The second-order valence-corrected chi connectivity index (χ2v) is 7.71. The molecule has 0 aromatic carbocycles. The van der Waals surface area contributed by atoms with Crippen LogP contribution in [0.1, 0.15) is 58.0 Å². The predicted molar refractivity (Wildman–Crippen MR) is 110 cm³/mol. The van der Waals surface area contributed by atoms with Gasteiger partial charge in [-0.25, -0.2) is 0 Å². The SMILES string of the molecule is Cc1ccc(C(=O)NC2CCN(C(=O)CCc3c(C)[nH]c(=O)c(C#N)c3C)CC2)o1. The molecule has 1 saturated heterocycles. The number of pyridine rings is 1. The number of hydrogen-bond donors (Lipinski definition) is 2. The van der Waals surface area contributed by atoms with E-state index < -0.39 is 5.56 Å². The number of aromatic amines is 1. The number of carbonyl (C=O) groups excluding carboxylic acids is 2. The fraction of sp³-hybridized carbons (Fsp3) is 0.455. The van der Waals surface area contributed by atoms with E-state index in [2.05, 4.69) is 10.3 Å². The van der Waals surface area contributed by atoms with E-state index in [4.69, 9.17) is 4.42 Å². The van der Waals surface area contributed by atoms with Crippen LogP contribution in [-0.2, 0) is 11.2 Å². The lowest BCUT2D eigenvalue weighted by atomic mass is 9.98. The summed E-state index contributed by atoms with van der Waals surface area (Å²) in [5, 5.41) is 12.1. The normalized spacial score (nSPS) is 14.4. The Kier molecular flexibility index (Phi) is 6.40. The first-order valence-corrected chi connectivity index (χ1v) is 10.1. The highest BCUT2D eigenvalue weighted by Gasteiger charge is 2.25. The van der Waals surface area contributed by atoms with Crippen molar-refractivity contribution in [1.82, 2.24) is 15.2 Å². The van der Waals surface area contributed by atoms with Gasteiger partial charge in [0, 0.05) is 31.2 Å². The summed E-state index contributed by atoms with van der Waals surface area (Å²) >= 11 is 0. The van der Waals surface area contributed by atoms with Crippen molar-refractivity contribution in [1.29, 1.82) is 5.26 Å². The second-order valence-electron chi connectivity index (χ2n) is 7.71. The molecule has 1 aliphatic heterocycles. The Morgan fingerprint density at radius 2 is 1.97 bits per heavy atom. The summed E-state index contributed by atoms with van der Waals surface area (Å²) in [5.41, 5.74) is 1.89. The van der Waals surface area contributed by atoms with Crippen molar-refractivity contribution in [2.75, 3.05) is 13.1 Å². The van der Waals surface area contributed by atoms with Crippen LogP contribution in [-0.4, -0.2) is 40.8 Å². The Morgan fingerprint density at radius 1 is 1.27 bits per heavy atom. The predicted octanol–water partition coefficient (Wildman–Crippen LogP) is 2.12. The number of likely N-dealkylation sites (tertiary alicyclic amines) is 1. The third-order valence-corrected chi connectivity index (χ3v) is 5.66. The zero-order chi connectivity index (χ0) is 21.8. The molecule has 8 heteroatoms. The molecule has 0 saturated carbocycles. The minimum Gasteiger partial charge on any atom is -0.456 e. The van der Waals surface area contributed by atoms with E-state index in [9.17, 15) is 19.6 Å². The number of H-pyrrole nitrogens is 1. The number of amides is 2. The van der Waals surface area contributed by atoms with Gasteiger partial charge in [-0.3, -0.25) is 14.4 Å². The number of aryl methyl sites for hydroxylation is 2. The standard InChI is InChI=1S/C22H26N4O4/c1-13-4-6-19(30-13)22(29)25-16-8-10-26(11-9-16)20(27)7-5-17-14(2)18(12-23)21(28)24-15(17)3/h4,6,16H,5,7-11H2,1-3H3,(H,24,28)(H,25,29). The van der Waals surface area contributed by atoms with Crippen molar-refractivity contribution in [3.8, 4) is 6.07 Å². The van der Waals surface area contributed by atoms with E-state index >= 15 is 0 Å². The number of aromatic nitrogens is 1. The molecule has 1 aliphatic rings. The molecular formula is C22H26N4O4. The van der Waals surface area contributed by atoms with E-state index in [0.717, 1.165) is 5.56 Å². The smallest absolute Gasteiger partial charge is 0.287 e. The minimum atomic E-state index is -0.392. The summed E-state index contributed by atoms with van der Waals surface area (Å²) in [5.74, 6) is 0.792. The summed E-state index contributed by atoms with van der Waals surface area (Å²) in [6, 6.07) is 5.35. The van der Waals surface area contributed by atoms with Crippen LogP contribution in [0.2, 0.25) is 0 Å². The summed E-state index contributed by atoms with van der Waals surface area (Å²) < 4.78 is 5.34. The molecule has 2 N–H and O–H groups in total. The Bertz CT molecular complexity index is 1050. The Labute approximate surface area is 174 Å². The number of nitrogens with zero attached hydrogens (tertiary/aromatic N) is 2. The number of nitriles is 1. The van der Waals surface area contributed by atoms with Gasteiger partial charge in [0.1, 0.15) is 17.4 Å². The lowest BCUT2D eigenvalue weighted by Crippen LogP contribution is -2.46. The van der Waals surface area contributed by atoms with Crippen molar-refractivity contribution in [3.05, 3.63) is 56.4 Å². The maximum atomic E-state index is 12.7. The summed E-state index contributed by atoms with van der Waals surface area (Å²) in [6.07, 6.45) is 2.15. The van der Waals surface area contributed by atoms with Gasteiger partial charge in [0.15, 0.2) is 5.76 Å². The van der Waals surface area contributed by atoms with Crippen LogP contribution in [0.4, 0.5) is 0 Å². The number of furan rings is 1. The third kappa shape index (κ3) is 4.62. The Morgan fingerprint density at radius 3 is 2.57 bits per heavy atom. The molecule has 0 bridgehead atoms. The van der Waals surface area contributed by atoms with Crippen LogP contribution in [0.3, 0.4) is 0 Å². The fourth-order valence-electron chi connectivity index (χ4n) is 3.90. The molecule has 2 aromatic heterocycles. The molecule has 0 aliphatic carbocycles. The highest BCUT2D eigenvalue weighted by atomic mass is 16.3. The molecule has 8 nitrogen and oxygen atoms in total. The monoisotopic (exact) mass is 410 g/mol. The van der Waals surface area contributed by atoms with Crippen LogP contribution in [0, 0.1) is 32.1 Å². The number of nitrogens with one attached hydrogen (secondary N) is 2. The Balaban J connectivity index is 1.52. The molecule has 1 fully saturated rings. The highest BCUT2D eigenvalue weighted by molar-refractivity contribution is 5.91. The van der Waals surface area contributed by atoms with Crippen molar-refractivity contribution in [2.24, 2.45) is 0 Å². The first-order valence-electron chi connectivity index (χ1n) is 10.1. The first-order chi connectivity index (χ1) is 14.3. The third-order valence-electron chi connectivity index (χ3n) is 5.66. The van der Waals surface area contributed by atoms with Crippen LogP contribution < -0.4 is 10.9 Å². The molecule has 0 radical (unpaired) electrons. The molecule has 2 aromatic rings. The topological polar surface area (TPSA) is 119 Å². The van der Waals surface area contributed by atoms with Gasteiger partial charge in [-0.2, -0.15) is 5.26 Å². The van der Waals surface area contributed by atoms with Gasteiger partial charge in [0.25, 0.3) is 11.5 Å². The first kappa shape index (κ1) is 21.4. The fourth-order valence-corrected chi connectivity index (χ4v) is 3.90. The zero-order valence-electron chi connectivity index (χ0n) is 17.5. The van der Waals surface area contributed by atoms with E-state index in [1.807, 2.05) is 6.07 Å². The molecule has 0 unspecified atom stereocenters. The van der Waals surface area contributed by atoms with Gasteiger partial charge in [-0.05, 0) is 63.3 Å². The van der Waals surface area contributed by atoms with Crippen molar-refractivity contribution in [3.63, 3.8) is 0 Å². The summed E-state index contributed by atoms with van der Waals surface area (Å²) in [7, 11) is 0. The van der Waals surface area contributed by atoms with Crippen molar-refractivity contribution < 1.29 is 14.0 Å². The summed E-state index contributed by atoms with van der Waals surface area (Å²) in [6.45, 7) is 6.47. The lowest BCUT2D eigenvalue weighted by Gasteiger charge is -2.32. The van der Waals surface area contributed by atoms with Gasteiger partial charge >= 0.3 is 0 Å². The van der Waals surface area contributed by atoms with Gasteiger partial charge < -0.3 is 19.6 Å². The van der Waals surface area contributed by atoms with Gasteiger partial charge in [-0.1, -0.05) is 0 Å².